The zero-order valence-electron chi connectivity index (χ0n) is 12.1. The van der Waals surface area contributed by atoms with E-state index in [1.54, 1.807) is 13.8 Å². The standard InChI is InChI=1S/C16H20N2O2/c1-5-14(19)18(4)16(2,3)15(20)17-12-11-13-9-7-6-8-10-13/h1,6-10H,11-12H2,2-4H3,(H,17,20). The van der Waals surface area contributed by atoms with E-state index >= 15 is 0 Å². The predicted molar refractivity (Wildman–Crippen MR) is 78.8 cm³/mol. The molecule has 0 saturated carbocycles. The van der Waals surface area contributed by atoms with E-state index in [9.17, 15) is 9.59 Å². The van der Waals surface area contributed by atoms with E-state index in [4.69, 9.17) is 6.42 Å². The van der Waals surface area contributed by atoms with Crippen molar-refractivity contribution in [1.82, 2.24) is 10.2 Å². The van der Waals surface area contributed by atoms with Crippen molar-refractivity contribution in [2.45, 2.75) is 25.8 Å². The van der Waals surface area contributed by atoms with E-state index in [1.807, 2.05) is 36.3 Å². The van der Waals surface area contributed by atoms with Crippen LogP contribution in [0.4, 0.5) is 0 Å². The van der Waals surface area contributed by atoms with Crippen LogP contribution in [-0.4, -0.2) is 35.8 Å². The molecule has 1 rings (SSSR count). The first-order valence-electron chi connectivity index (χ1n) is 6.46. The van der Waals surface area contributed by atoms with Crippen LogP contribution in [0, 0.1) is 12.3 Å². The van der Waals surface area contributed by atoms with Crippen molar-refractivity contribution in [2.24, 2.45) is 0 Å². The lowest BCUT2D eigenvalue weighted by molar-refractivity contribution is -0.140. The Labute approximate surface area is 120 Å². The van der Waals surface area contributed by atoms with Gasteiger partial charge in [0.25, 0.3) is 5.91 Å². The number of amides is 2. The Morgan fingerprint density at radius 2 is 1.90 bits per heavy atom. The molecule has 4 nitrogen and oxygen atoms in total. The van der Waals surface area contributed by atoms with Crippen LogP contribution in [0.15, 0.2) is 30.3 Å². The number of rotatable bonds is 5. The minimum atomic E-state index is -0.972. The molecule has 1 aromatic rings. The highest BCUT2D eigenvalue weighted by atomic mass is 16.2. The highest BCUT2D eigenvalue weighted by molar-refractivity contribution is 5.97. The summed E-state index contributed by atoms with van der Waals surface area (Å²) in [5.41, 5.74) is 0.179. The maximum atomic E-state index is 12.1. The molecular weight excluding hydrogens is 252 g/mol. The minimum Gasteiger partial charge on any atom is -0.354 e. The highest BCUT2D eigenvalue weighted by Gasteiger charge is 2.34. The summed E-state index contributed by atoms with van der Waals surface area (Å²) in [6.45, 7) is 3.85. The third-order valence-electron chi connectivity index (χ3n) is 3.36. The molecule has 0 radical (unpaired) electrons. The van der Waals surface area contributed by atoms with E-state index in [0.717, 1.165) is 12.0 Å². The lowest BCUT2D eigenvalue weighted by Gasteiger charge is -2.32. The first-order valence-corrected chi connectivity index (χ1v) is 6.46. The molecule has 0 spiro atoms. The Morgan fingerprint density at radius 1 is 1.30 bits per heavy atom. The van der Waals surface area contributed by atoms with Gasteiger partial charge in [-0.15, -0.1) is 6.42 Å². The van der Waals surface area contributed by atoms with Gasteiger partial charge in [-0.25, -0.2) is 0 Å². The molecule has 0 atom stereocenters. The van der Waals surface area contributed by atoms with Crippen LogP contribution < -0.4 is 5.32 Å². The lowest BCUT2D eigenvalue weighted by atomic mass is 10.0. The van der Waals surface area contributed by atoms with Gasteiger partial charge in [0.2, 0.25) is 5.91 Å². The smallest absolute Gasteiger partial charge is 0.298 e. The minimum absolute atomic E-state index is 0.223. The molecule has 1 aromatic carbocycles. The first kappa shape index (κ1) is 15.8. The van der Waals surface area contributed by atoms with Crippen LogP contribution in [0.2, 0.25) is 0 Å². The van der Waals surface area contributed by atoms with Crippen LogP contribution in [0.5, 0.6) is 0 Å². The summed E-state index contributed by atoms with van der Waals surface area (Å²) in [6, 6.07) is 9.88. The number of carbonyl (C=O) groups is 2. The van der Waals surface area contributed by atoms with Gasteiger partial charge in [-0.2, -0.15) is 0 Å². The van der Waals surface area contributed by atoms with E-state index in [1.165, 1.54) is 11.9 Å². The topological polar surface area (TPSA) is 49.4 Å². The molecule has 0 fully saturated rings. The number of hydrogen-bond donors (Lipinski definition) is 1. The van der Waals surface area contributed by atoms with Gasteiger partial charge < -0.3 is 10.2 Å². The van der Waals surface area contributed by atoms with Crippen molar-refractivity contribution in [1.29, 1.82) is 0 Å². The second-order valence-electron chi connectivity index (χ2n) is 5.06. The summed E-state index contributed by atoms with van der Waals surface area (Å²) in [5.74, 6) is 1.29. The molecule has 0 aliphatic heterocycles. The fourth-order valence-electron chi connectivity index (χ4n) is 1.68. The molecule has 0 saturated heterocycles. The first-order chi connectivity index (χ1) is 9.39. The summed E-state index contributed by atoms with van der Waals surface area (Å²) >= 11 is 0. The number of hydrogen-bond acceptors (Lipinski definition) is 2. The molecule has 2 amide bonds. The number of nitrogens with zero attached hydrogens (tertiary/aromatic N) is 1. The molecule has 0 aliphatic rings. The van der Waals surface area contributed by atoms with Gasteiger partial charge in [0.1, 0.15) is 5.54 Å². The molecule has 0 bridgehead atoms. The second-order valence-corrected chi connectivity index (χ2v) is 5.06. The quantitative estimate of drug-likeness (QED) is 0.819. The normalized spacial score (nSPS) is 10.5. The molecular formula is C16H20N2O2. The summed E-state index contributed by atoms with van der Waals surface area (Å²) in [7, 11) is 1.53. The van der Waals surface area contributed by atoms with Crippen LogP contribution in [0.3, 0.4) is 0 Å². The zero-order valence-corrected chi connectivity index (χ0v) is 12.1. The Kier molecular flexibility index (Phi) is 5.33. The monoisotopic (exact) mass is 272 g/mol. The molecule has 0 unspecified atom stereocenters. The van der Waals surface area contributed by atoms with Gasteiger partial charge in [-0.05, 0) is 31.8 Å². The fourth-order valence-corrected chi connectivity index (χ4v) is 1.68. The Balaban J connectivity index is 2.54. The summed E-state index contributed by atoms with van der Waals surface area (Å²) < 4.78 is 0. The van der Waals surface area contributed by atoms with Crippen molar-refractivity contribution in [2.75, 3.05) is 13.6 Å². The van der Waals surface area contributed by atoms with E-state index in [0.29, 0.717) is 6.54 Å². The SMILES string of the molecule is C#CC(=O)N(C)C(C)(C)C(=O)NCCc1ccccc1. The number of nitrogens with one attached hydrogen (secondary N) is 1. The van der Waals surface area contributed by atoms with E-state index in [2.05, 4.69) is 5.32 Å². The molecule has 0 aliphatic carbocycles. The number of terminal acetylenes is 1. The van der Waals surface area contributed by atoms with Crippen molar-refractivity contribution in [3.8, 4) is 12.3 Å². The van der Waals surface area contributed by atoms with Gasteiger partial charge in [-0.1, -0.05) is 30.3 Å². The van der Waals surface area contributed by atoms with E-state index < -0.39 is 11.4 Å². The van der Waals surface area contributed by atoms with Gasteiger partial charge in [0, 0.05) is 13.6 Å². The molecule has 0 heterocycles. The molecule has 20 heavy (non-hydrogen) atoms. The maximum Gasteiger partial charge on any atom is 0.298 e. The highest BCUT2D eigenvalue weighted by Crippen LogP contribution is 2.12. The zero-order chi connectivity index (χ0) is 15.2. The van der Waals surface area contributed by atoms with Gasteiger partial charge in [0.15, 0.2) is 0 Å². The van der Waals surface area contributed by atoms with Crippen LogP contribution >= 0.6 is 0 Å². The number of likely N-dealkylation sites (N-methyl/N-ethyl adjacent to an activating group) is 1. The second kappa shape index (κ2) is 6.76. The Morgan fingerprint density at radius 3 is 2.45 bits per heavy atom. The van der Waals surface area contributed by atoms with Crippen LogP contribution in [0.25, 0.3) is 0 Å². The van der Waals surface area contributed by atoms with Crippen molar-refractivity contribution in [3.05, 3.63) is 35.9 Å². The summed E-state index contributed by atoms with van der Waals surface area (Å²) in [4.78, 5) is 24.9. The van der Waals surface area contributed by atoms with Crippen LogP contribution in [0.1, 0.15) is 19.4 Å². The van der Waals surface area contributed by atoms with Crippen molar-refractivity contribution in [3.63, 3.8) is 0 Å². The Hall–Kier alpha value is -2.28. The molecule has 106 valence electrons. The Bertz CT molecular complexity index is 515. The van der Waals surface area contributed by atoms with E-state index in [-0.39, 0.29) is 5.91 Å². The average molecular weight is 272 g/mol. The summed E-state index contributed by atoms with van der Waals surface area (Å²) in [6.07, 6.45) is 5.82. The average Bonchev–Trinajstić information content (AvgIpc) is 2.46. The fraction of sp³-hybridized carbons (Fsp3) is 0.375. The lowest BCUT2D eigenvalue weighted by Crippen LogP contribution is -2.55. The van der Waals surface area contributed by atoms with Crippen molar-refractivity contribution >= 4 is 11.8 Å². The summed E-state index contributed by atoms with van der Waals surface area (Å²) in [5, 5.41) is 2.83. The number of carbonyl (C=O) groups excluding carboxylic acids is 2. The van der Waals surface area contributed by atoms with Gasteiger partial charge in [0.05, 0.1) is 0 Å². The van der Waals surface area contributed by atoms with Crippen molar-refractivity contribution < 1.29 is 9.59 Å². The molecule has 4 heteroatoms. The largest absolute Gasteiger partial charge is 0.354 e. The third kappa shape index (κ3) is 3.86. The predicted octanol–water partition coefficient (Wildman–Crippen LogP) is 1.22. The molecule has 0 aromatic heterocycles. The maximum absolute atomic E-state index is 12.1. The van der Waals surface area contributed by atoms with Crippen LogP contribution in [-0.2, 0) is 16.0 Å². The number of benzene rings is 1. The van der Waals surface area contributed by atoms with Gasteiger partial charge in [-0.3, -0.25) is 9.59 Å². The third-order valence-corrected chi connectivity index (χ3v) is 3.36. The van der Waals surface area contributed by atoms with Gasteiger partial charge >= 0.3 is 0 Å². The molecule has 1 N–H and O–H groups in total.